The second kappa shape index (κ2) is 7.38. The van der Waals surface area contributed by atoms with Crippen LogP contribution in [0.4, 0.5) is 0 Å². The average molecular weight is 372 g/mol. The molecule has 7 heteroatoms. The lowest BCUT2D eigenvalue weighted by Crippen LogP contribution is -2.44. The van der Waals surface area contributed by atoms with Crippen LogP contribution in [0.1, 0.15) is 31.1 Å². The first-order valence-corrected chi connectivity index (χ1v) is 8.33. The number of hydrogen-bond donors (Lipinski definition) is 1. The molecule has 1 N–H and O–H groups in total. The van der Waals surface area contributed by atoms with Crippen molar-refractivity contribution in [2.75, 3.05) is 13.7 Å². The van der Waals surface area contributed by atoms with Gasteiger partial charge in [-0.1, -0.05) is 12.1 Å². The van der Waals surface area contributed by atoms with Crippen LogP contribution in [0, 0.1) is 0 Å². The summed E-state index contributed by atoms with van der Waals surface area (Å²) in [5, 5.41) is 11.0. The number of methoxy groups -OCH3 is 1. The van der Waals surface area contributed by atoms with Gasteiger partial charge in [-0.2, -0.15) is 0 Å². The van der Waals surface area contributed by atoms with E-state index in [9.17, 15) is 14.7 Å². The molecule has 1 heterocycles. The van der Waals surface area contributed by atoms with Crippen molar-refractivity contribution in [3.8, 4) is 17.2 Å². The summed E-state index contributed by atoms with van der Waals surface area (Å²) in [5.74, 6) is 0.304. The van der Waals surface area contributed by atoms with Crippen molar-refractivity contribution >= 4 is 11.9 Å². The van der Waals surface area contributed by atoms with E-state index in [2.05, 4.69) is 0 Å². The minimum Gasteiger partial charge on any atom is -0.490 e. The van der Waals surface area contributed by atoms with E-state index in [1.165, 1.54) is 21.0 Å². The standard InChI is InChI=1S/C20H20O7/c1-12(21)26-15-6-4-14(5-7-15)20(24-3)11-25-18-10-16(27-13(2)22)8-9-17(18)19(20)23/h4-10,19,23H,11H2,1-3H3/t19-,20-/m1/s1. The summed E-state index contributed by atoms with van der Waals surface area (Å²) in [4.78, 5) is 22.2. The van der Waals surface area contributed by atoms with E-state index in [4.69, 9.17) is 18.9 Å². The molecule has 0 saturated heterocycles. The van der Waals surface area contributed by atoms with Crippen LogP contribution in [0.25, 0.3) is 0 Å². The maximum Gasteiger partial charge on any atom is 0.308 e. The highest BCUT2D eigenvalue weighted by Crippen LogP contribution is 2.46. The van der Waals surface area contributed by atoms with Crippen LogP contribution in [0.2, 0.25) is 0 Å². The summed E-state index contributed by atoms with van der Waals surface area (Å²) >= 11 is 0. The summed E-state index contributed by atoms with van der Waals surface area (Å²) in [6, 6.07) is 11.5. The van der Waals surface area contributed by atoms with Gasteiger partial charge in [-0.25, -0.2) is 0 Å². The number of carbonyl (C=O) groups is 2. The maximum absolute atomic E-state index is 11.1. The van der Waals surface area contributed by atoms with E-state index >= 15 is 0 Å². The normalized spacial score (nSPS) is 21.0. The van der Waals surface area contributed by atoms with E-state index in [0.717, 1.165) is 0 Å². The molecule has 0 amide bonds. The third-order valence-electron chi connectivity index (χ3n) is 4.39. The Morgan fingerprint density at radius 2 is 1.63 bits per heavy atom. The molecule has 0 radical (unpaired) electrons. The van der Waals surface area contributed by atoms with Crippen LogP contribution in [0.15, 0.2) is 42.5 Å². The lowest BCUT2D eigenvalue weighted by molar-refractivity contribution is -0.144. The minimum absolute atomic E-state index is 0.0497. The quantitative estimate of drug-likeness (QED) is 0.651. The zero-order chi connectivity index (χ0) is 19.6. The van der Waals surface area contributed by atoms with E-state index in [1.54, 1.807) is 42.5 Å². The van der Waals surface area contributed by atoms with Gasteiger partial charge in [-0.05, 0) is 29.8 Å². The zero-order valence-corrected chi connectivity index (χ0v) is 15.2. The Kier molecular flexibility index (Phi) is 5.16. The Balaban J connectivity index is 1.93. The van der Waals surface area contributed by atoms with Gasteiger partial charge in [0.25, 0.3) is 0 Å². The zero-order valence-electron chi connectivity index (χ0n) is 15.2. The Labute approximate surface area is 156 Å². The molecule has 27 heavy (non-hydrogen) atoms. The number of aliphatic hydroxyl groups is 1. The van der Waals surface area contributed by atoms with Crippen molar-refractivity contribution in [1.82, 2.24) is 0 Å². The first-order chi connectivity index (χ1) is 12.9. The summed E-state index contributed by atoms with van der Waals surface area (Å²) in [6.45, 7) is 2.68. The molecule has 2 aromatic rings. The number of fused-ring (bicyclic) bond motifs is 1. The summed E-state index contributed by atoms with van der Waals surface area (Å²) < 4.78 is 21.6. The highest BCUT2D eigenvalue weighted by Gasteiger charge is 2.46. The smallest absolute Gasteiger partial charge is 0.308 e. The molecule has 0 spiro atoms. The van der Waals surface area contributed by atoms with E-state index < -0.39 is 23.6 Å². The predicted molar refractivity (Wildman–Crippen MR) is 94.6 cm³/mol. The molecule has 2 atom stereocenters. The fourth-order valence-corrected chi connectivity index (χ4v) is 3.11. The molecule has 0 aromatic heterocycles. The van der Waals surface area contributed by atoms with Crippen molar-refractivity contribution in [3.63, 3.8) is 0 Å². The van der Waals surface area contributed by atoms with Crippen LogP contribution in [0.5, 0.6) is 17.2 Å². The highest BCUT2D eigenvalue weighted by atomic mass is 16.6. The van der Waals surface area contributed by atoms with Crippen LogP contribution < -0.4 is 14.2 Å². The number of aliphatic hydroxyl groups excluding tert-OH is 1. The van der Waals surface area contributed by atoms with Gasteiger partial charge in [0, 0.05) is 32.6 Å². The Morgan fingerprint density at radius 3 is 2.22 bits per heavy atom. The monoisotopic (exact) mass is 372 g/mol. The molecular formula is C20H20O7. The Bertz CT molecular complexity index is 859. The van der Waals surface area contributed by atoms with Gasteiger partial charge in [0.05, 0.1) is 0 Å². The summed E-state index contributed by atoms with van der Waals surface area (Å²) in [7, 11) is 1.49. The lowest BCUT2D eigenvalue weighted by atomic mass is 9.82. The van der Waals surface area contributed by atoms with Crippen molar-refractivity contribution in [3.05, 3.63) is 53.6 Å². The minimum atomic E-state index is -1.13. The molecule has 0 bridgehead atoms. The number of carbonyl (C=O) groups excluding carboxylic acids is 2. The van der Waals surface area contributed by atoms with Crippen LogP contribution in [0.3, 0.4) is 0 Å². The molecule has 2 aromatic carbocycles. The first kappa shape index (κ1) is 18.9. The predicted octanol–water partition coefficient (Wildman–Crippen LogP) is 2.50. The molecule has 0 unspecified atom stereocenters. The Morgan fingerprint density at radius 1 is 1.04 bits per heavy atom. The second-order valence-electron chi connectivity index (χ2n) is 6.20. The molecule has 142 valence electrons. The van der Waals surface area contributed by atoms with Gasteiger partial charge < -0.3 is 24.1 Å². The lowest BCUT2D eigenvalue weighted by Gasteiger charge is -2.41. The Hall–Kier alpha value is -2.90. The van der Waals surface area contributed by atoms with E-state index in [0.29, 0.717) is 28.4 Å². The number of esters is 2. The van der Waals surface area contributed by atoms with Crippen molar-refractivity contribution in [2.24, 2.45) is 0 Å². The van der Waals surface area contributed by atoms with Crippen LogP contribution in [-0.2, 0) is 19.9 Å². The van der Waals surface area contributed by atoms with E-state index in [1.807, 2.05) is 0 Å². The first-order valence-electron chi connectivity index (χ1n) is 8.33. The average Bonchev–Trinajstić information content (AvgIpc) is 2.62. The fraction of sp³-hybridized carbons (Fsp3) is 0.300. The molecule has 1 aliphatic rings. The van der Waals surface area contributed by atoms with Gasteiger partial charge in [0.1, 0.15) is 30.0 Å². The molecular weight excluding hydrogens is 352 g/mol. The third kappa shape index (κ3) is 3.65. The summed E-state index contributed by atoms with van der Waals surface area (Å²) in [5.41, 5.74) is 0.0521. The van der Waals surface area contributed by atoms with Crippen molar-refractivity contribution < 1.29 is 33.6 Å². The van der Waals surface area contributed by atoms with Gasteiger partial charge in [-0.15, -0.1) is 0 Å². The van der Waals surface area contributed by atoms with Crippen molar-refractivity contribution in [1.29, 1.82) is 0 Å². The van der Waals surface area contributed by atoms with Gasteiger partial charge in [0.15, 0.2) is 5.60 Å². The number of benzene rings is 2. The molecule has 0 aliphatic carbocycles. The summed E-state index contributed by atoms with van der Waals surface area (Å²) in [6.07, 6.45) is -1.02. The van der Waals surface area contributed by atoms with E-state index in [-0.39, 0.29) is 6.61 Å². The highest BCUT2D eigenvalue weighted by molar-refractivity contribution is 5.70. The third-order valence-corrected chi connectivity index (χ3v) is 4.39. The van der Waals surface area contributed by atoms with Gasteiger partial charge >= 0.3 is 11.9 Å². The van der Waals surface area contributed by atoms with Crippen molar-refractivity contribution in [2.45, 2.75) is 25.6 Å². The second-order valence-corrected chi connectivity index (χ2v) is 6.20. The van der Waals surface area contributed by atoms with Crippen LogP contribution in [-0.4, -0.2) is 30.8 Å². The molecule has 3 rings (SSSR count). The molecule has 7 nitrogen and oxygen atoms in total. The number of hydrogen-bond acceptors (Lipinski definition) is 7. The SMILES string of the molecule is CO[C@@]1(c2ccc(OC(C)=O)cc2)COc2cc(OC(C)=O)ccc2[C@H]1O. The van der Waals surface area contributed by atoms with Gasteiger partial charge in [-0.3, -0.25) is 9.59 Å². The topological polar surface area (TPSA) is 91.3 Å². The largest absolute Gasteiger partial charge is 0.490 e. The number of rotatable bonds is 4. The molecule has 1 aliphatic heterocycles. The molecule has 0 saturated carbocycles. The molecule has 0 fully saturated rings. The van der Waals surface area contributed by atoms with Gasteiger partial charge in [0.2, 0.25) is 0 Å². The van der Waals surface area contributed by atoms with Crippen LogP contribution >= 0.6 is 0 Å². The number of ether oxygens (including phenoxy) is 4. The fourth-order valence-electron chi connectivity index (χ4n) is 3.11. The maximum atomic E-state index is 11.1.